The molecule has 0 aliphatic carbocycles. The van der Waals surface area contributed by atoms with Crippen LogP contribution >= 0.6 is 23.2 Å². The van der Waals surface area contributed by atoms with Crippen LogP contribution in [0.2, 0.25) is 10.0 Å². The third-order valence-electron chi connectivity index (χ3n) is 5.32. The van der Waals surface area contributed by atoms with Crippen molar-refractivity contribution in [1.82, 2.24) is 5.32 Å². The molecule has 7 heteroatoms. The highest BCUT2D eigenvalue weighted by atomic mass is 35.5. The maximum atomic E-state index is 15.3. The summed E-state index contributed by atoms with van der Waals surface area (Å²) in [6.07, 6.45) is -0.534. The number of hydrogen-bond acceptors (Lipinski definition) is 3. The van der Waals surface area contributed by atoms with Gasteiger partial charge in [-0.15, -0.1) is 0 Å². The zero-order valence-electron chi connectivity index (χ0n) is 23.8. The summed E-state index contributed by atoms with van der Waals surface area (Å²) >= 11 is 13.2. The third kappa shape index (κ3) is 8.92. The molecule has 38 heavy (non-hydrogen) atoms. The Morgan fingerprint density at radius 3 is 2.13 bits per heavy atom. The molecule has 0 radical (unpaired) electrons. The largest absolute Gasteiger partial charge is 0.494 e. The molecule has 0 saturated carbocycles. The van der Waals surface area contributed by atoms with Crippen LogP contribution in [0.3, 0.4) is 0 Å². The smallest absolute Gasteiger partial charge is 0.407 e. The maximum absolute atomic E-state index is 15.3. The van der Waals surface area contributed by atoms with E-state index in [1.807, 2.05) is 58.0 Å². The molecule has 1 N–H and O–H groups in total. The predicted molar refractivity (Wildman–Crippen MR) is 158 cm³/mol. The van der Waals surface area contributed by atoms with Gasteiger partial charge in [0.1, 0.15) is 5.60 Å². The second-order valence-electron chi connectivity index (χ2n) is 8.97. The fraction of sp³-hybridized carbons (Fsp3) is 0.387. The van der Waals surface area contributed by atoms with Gasteiger partial charge in [0, 0.05) is 28.6 Å². The molecule has 0 fully saturated rings. The quantitative estimate of drug-likeness (QED) is 0.324. The fourth-order valence-corrected chi connectivity index (χ4v) is 4.37. The normalized spacial score (nSPS) is 11.3. The average molecular weight is 565 g/mol. The van der Waals surface area contributed by atoms with Gasteiger partial charge >= 0.3 is 6.09 Å². The molecule has 4 nitrogen and oxygen atoms in total. The monoisotopic (exact) mass is 563 g/mol. The van der Waals surface area contributed by atoms with Gasteiger partial charge in [0.05, 0.1) is 12.1 Å². The number of carbonyl (C=O) groups excluding carboxylic acids is 1. The van der Waals surface area contributed by atoms with Gasteiger partial charge in [-0.2, -0.15) is 0 Å². The van der Waals surface area contributed by atoms with Crippen molar-refractivity contribution in [3.63, 3.8) is 0 Å². The zero-order chi connectivity index (χ0) is 29.0. The van der Waals surface area contributed by atoms with Crippen molar-refractivity contribution in [3.05, 3.63) is 87.2 Å². The summed E-state index contributed by atoms with van der Waals surface area (Å²) in [6.45, 7) is 15.4. The number of carbonyl (C=O) groups is 1. The van der Waals surface area contributed by atoms with E-state index in [1.165, 1.54) is 7.11 Å². The molecule has 3 aromatic rings. The third-order valence-corrected chi connectivity index (χ3v) is 5.96. The zero-order valence-corrected chi connectivity index (χ0v) is 25.4. The van der Waals surface area contributed by atoms with Crippen molar-refractivity contribution in [2.75, 3.05) is 13.7 Å². The van der Waals surface area contributed by atoms with Crippen LogP contribution in [0.15, 0.2) is 54.6 Å². The molecule has 0 aromatic heterocycles. The summed E-state index contributed by atoms with van der Waals surface area (Å²) in [7, 11) is 1.42. The number of amides is 1. The number of methoxy groups -OCH3 is 1. The molecular weight excluding hydrogens is 524 g/mol. The van der Waals surface area contributed by atoms with E-state index in [0.29, 0.717) is 32.3 Å². The number of hydrogen-bond donors (Lipinski definition) is 1. The Morgan fingerprint density at radius 1 is 0.974 bits per heavy atom. The Bertz CT molecular complexity index is 1180. The maximum Gasteiger partial charge on any atom is 0.407 e. The van der Waals surface area contributed by atoms with Crippen LogP contribution in [-0.4, -0.2) is 25.3 Å². The first-order valence-electron chi connectivity index (χ1n) is 12.9. The first-order valence-corrected chi connectivity index (χ1v) is 13.6. The Morgan fingerprint density at radius 2 is 1.58 bits per heavy atom. The lowest BCUT2D eigenvalue weighted by molar-refractivity contribution is 0.0526. The van der Waals surface area contributed by atoms with Gasteiger partial charge in [-0.25, -0.2) is 9.18 Å². The molecule has 1 unspecified atom stereocenters. The van der Waals surface area contributed by atoms with Crippen molar-refractivity contribution in [2.45, 2.75) is 66.9 Å². The summed E-state index contributed by atoms with van der Waals surface area (Å²) in [5.74, 6) is -0.702. The molecule has 208 valence electrons. The lowest BCUT2D eigenvalue weighted by Gasteiger charge is -2.24. The molecule has 0 saturated heterocycles. The SMILES string of the molecule is CC.CC.COc1ccc(C)c(-c2cc(C(CNC(=O)OC(C)(C)C)c3ccccc3)c(Cl)cc2Cl)c1F. The number of halogens is 3. The first kappa shape index (κ1) is 33.3. The van der Waals surface area contributed by atoms with E-state index in [1.54, 1.807) is 52.0 Å². The number of nitrogens with one attached hydrogen (secondary N) is 1. The lowest BCUT2D eigenvalue weighted by atomic mass is 9.88. The van der Waals surface area contributed by atoms with Gasteiger partial charge in [0.25, 0.3) is 0 Å². The number of aryl methyl sites for hydroxylation is 1. The minimum Gasteiger partial charge on any atom is -0.494 e. The molecule has 0 bridgehead atoms. The first-order chi connectivity index (χ1) is 18.0. The Labute approximate surface area is 237 Å². The highest BCUT2D eigenvalue weighted by Crippen LogP contribution is 2.41. The molecule has 0 spiro atoms. The minimum atomic E-state index is -0.626. The standard InChI is InChI=1S/C27H28Cl2FNO3.2C2H6/c1-16-11-12-23(33-5)25(30)24(16)19-13-18(21(28)14-22(19)29)20(17-9-7-6-8-10-17)15-31-26(32)34-27(2,3)4;2*1-2/h6-14,20H,15H2,1-5H3,(H,31,32);2*1-2H3. The van der Waals surface area contributed by atoms with E-state index in [4.69, 9.17) is 32.7 Å². The second-order valence-corrected chi connectivity index (χ2v) is 9.79. The number of ether oxygens (including phenoxy) is 2. The molecule has 3 rings (SSSR count). The van der Waals surface area contributed by atoms with E-state index in [9.17, 15) is 4.79 Å². The van der Waals surface area contributed by atoms with Crippen molar-refractivity contribution in [3.8, 4) is 16.9 Å². The summed E-state index contributed by atoms with van der Waals surface area (Å²) < 4.78 is 25.8. The van der Waals surface area contributed by atoms with Crippen LogP contribution in [0.5, 0.6) is 5.75 Å². The van der Waals surface area contributed by atoms with Crippen LogP contribution in [0.1, 0.15) is 71.1 Å². The average Bonchev–Trinajstić information content (AvgIpc) is 2.88. The predicted octanol–water partition coefficient (Wildman–Crippen LogP) is 9.83. The Balaban J connectivity index is 0.00000172. The van der Waals surface area contributed by atoms with Crippen molar-refractivity contribution >= 4 is 29.3 Å². The Kier molecular flexibility index (Phi) is 13.7. The summed E-state index contributed by atoms with van der Waals surface area (Å²) in [4.78, 5) is 12.4. The van der Waals surface area contributed by atoms with E-state index >= 15 is 4.39 Å². The Hall–Kier alpha value is -2.76. The molecule has 1 atom stereocenters. The van der Waals surface area contributed by atoms with E-state index in [2.05, 4.69) is 5.32 Å². The fourth-order valence-electron chi connectivity index (χ4n) is 3.76. The van der Waals surface area contributed by atoms with Crippen LogP contribution in [0.25, 0.3) is 11.1 Å². The highest BCUT2D eigenvalue weighted by Gasteiger charge is 2.24. The molecule has 0 aliphatic heterocycles. The van der Waals surface area contributed by atoms with E-state index in [0.717, 1.165) is 5.56 Å². The number of rotatable bonds is 6. The molecule has 3 aromatic carbocycles. The van der Waals surface area contributed by atoms with Crippen LogP contribution in [0.4, 0.5) is 9.18 Å². The molecule has 0 aliphatic rings. The van der Waals surface area contributed by atoms with Crippen molar-refractivity contribution in [2.24, 2.45) is 0 Å². The van der Waals surface area contributed by atoms with Gasteiger partial charge in [-0.05, 0) is 62.6 Å². The van der Waals surface area contributed by atoms with Gasteiger partial charge < -0.3 is 14.8 Å². The van der Waals surface area contributed by atoms with Crippen molar-refractivity contribution < 1.29 is 18.7 Å². The number of benzene rings is 3. The summed E-state index contributed by atoms with van der Waals surface area (Å²) in [5, 5.41) is 3.56. The number of alkyl carbamates (subject to hydrolysis) is 1. The minimum absolute atomic E-state index is 0.124. The molecule has 1 amide bonds. The lowest BCUT2D eigenvalue weighted by Crippen LogP contribution is -2.35. The topological polar surface area (TPSA) is 47.6 Å². The van der Waals surface area contributed by atoms with E-state index in [-0.39, 0.29) is 18.2 Å². The second kappa shape index (κ2) is 15.6. The van der Waals surface area contributed by atoms with Gasteiger partial charge in [-0.1, -0.05) is 87.3 Å². The van der Waals surface area contributed by atoms with Crippen molar-refractivity contribution in [1.29, 1.82) is 0 Å². The molecular formula is C31H40Cl2FNO3. The van der Waals surface area contributed by atoms with Gasteiger partial charge in [0.2, 0.25) is 0 Å². The molecule has 0 heterocycles. The van der Waals surface area contributed by atoms with E-state index < -0.39 is 17.5 Å². The van der Waals surface area contributed by atoms with Crippen LogP contribution in [0, 0.1) is 12.7 Å². The van der Waals surface area contributed by atoms with Gasteiger partial charge in [-0.3, -0.25) is 0 Å². The van der Waals surface area contributed by atoms with Crippen LogP contribution < -0.4 is 10.1 Å². The summed E-state index contributed by atoms with van der Waals surface area (Å²) in [5.41, 5.74) is 2.54. The van der Waals surface area contributed by atoms with Gasteiger partial charge in [0.15, 0.2) is 11.6 Å². The highest BCUT2D eigenvalue weighted by molar-refractivity contribution is 6.37. The van der Waals surface area contributed by atoms with Crippen LogP contribution in [-0.2, 0) is 4.74 Å². The summed E-state index contributed by atoms with van der Waals surface area (Å²) in [6, 6.07) is 16.4.